The lowest BCUT2D eigenvalue weighted by Gasteiger charge is -2.24. The minimum absolute atomic E-state index is 0.516. The summed E-state index contributed by atoms with van der Waals surface area (Å²) in [6, 6.07) is 7.00. The van der Waals surface area contributed by atoms with E-state index in [4.69, 9.17) is 5.26 Å². The first-order chi connectivity index (χ1) is 8.31. The molecule has 1 aliphatic rings. The molecule has 1 fully saturated rings. The van der Waals surface area contributed by atoms with E-state index in [9.17, 15) is 0 Å². The highest BCUT2D eigenvalue weighted by Crippen LogP contribution is 2.31. The van der Waals surface area contributed by atoms with Crippen molar-refractivity contribution >= 4 is 0 Å². The van der Waals surface area contributed by atoms with E-state index >= 15 is 0 Å². The predicted molar refractivity (Wildman–Crippen MR) is 67.4 cm³/mol. The number of nitrogens with zero attached hydrogens (tertiary/aromatic N) is 3. The molecule has 0 amide bonds. The fourth-order valence-electron chi connectivity index (χ4n) is 2.51. The van der Waals surface area contributed by atoms with Gasteiger partial charge in [0.2, 0.25) is 0 Å². The van der Waals surface area contributed by atoms with Gasteiger partial charge in [0.25, 0.3) is 0 Å². The van der Waals surface area contributed by atoms with Crippen molar-refractivity contribution in [3.05, 3.63) is 29.6 Å². The summed E-state index contributed by atoms with van der Waals surface area (Å²) in [4.78, 5) is 6.87. The molecule has 0 N–H and O–H groups in total. The number of nitriles is 1. The number of pyridine rings is 1. The van der Waals surface area contributed by atoms with Crippen LogP contribution in [-0.4, -0.2) is 23.0 Å². The Labute approximate surface area is 103 Å². The van der Waals surface area contributed by atoms with Gasteiger partial charge < -0.3 is 0 Å². The molecule has 3 nitrogen and oxygen atoms in total. The van der Waals surface area contributed by atoms with E-state index < -0.39 is 0 Å². The summed E-state index contributed by atoms with van der Waals surface area (Å²) in [7, 11) is 0. The van der Waals surface area contributed by atoms with E-state index in [2.05, 4.69) is 28.1 Å². The summed E-state index contributed by atoms with van der Waals surface area (Å²) >= 11 is 0. The van der Waals surface area contributed by atoms with Crippen LogP contribution in [0.1, 0.15) is 43.0 Å². The molecule has 0 saturated carbocycles. The highest BCUT2D eigenvalue weighted by molar-refractivity contribution is 5.18. The van der Waals surface area contributed by atoms with Crippen LogP contribution in [0.2, 0.25) is 0 Å². The first kappa shape index (κ1) is 12.1. The molecule has 90 valence electrons. The van der Waals surface area contributed by atoms with Gasteiger partial charge in [-0.2, -0.15) is 5.26 Å². The van der Waals surface area contributed by atoms with Crippen molar-refractivity contribution < 1.29 is 0 Å². The van der Waals surface area contributed by atoms with Crippen molar-refractivity contribution in [3.8, 4) is 6.07 Å². The molecular weight excluding hydrogens is 210 g/mol. The van der Waals surface area contributed by atoms with E-state index in [1.54, 1.807) is 0 Å². The quantitative estimate of drug-likeness (QED) is 0.745. The van der Waals surface area contributed by atoms with Gasteiger partial charge in [0.15, 0.2) is 0 Å². The van der Waals surface area contributed by atoms with Crippen molar-refractivity contribution in [2.75, 3.05) is 13.1 Å². The number of aryl methyl sites for hydroxylation is 1. The molecule has 1 aliphatic heterocycles. The molecule has 3 heteroatoms. The predicted octanol–water partition coefficient (Wildman–Crippen LogP) is 2.83. The van der Waals surface area contributed by atoms with E-state index in [0.717, 1.165) is 25.2 Å². The lowest BCUT2D eigenvalue weighted by atomic mass is 10.1. The van der Waals surface area contributed by atoms with Gasteiger partial charge in [-0.05, 0) is 50.9 Å². The number of likely N-dealkylation sites (tertiary alicyclic amines) is 1. The summed E-state index contributed by atoms with van der Waals surface area (Å²) < 4.78 is 0. The third-order valence-corrected chi connectivity index (χ3v) is 3.42. The second-order valence-electron chi connectivity index (χ2n) is 4.69. The zero-order valence-electron chi connectivity index (χ0n) is 10.4. The molecule has 0 unspecified atom stereocenters. The fourth-order valence-corrected chi connectivity index (χ4v) is 2.51. The minimum Gasteiger partial charge on any atom is -0.296 e. The molecule has 1 aromatic heterocycles. The SMILES string of the molecule is Cc1ccc([C@@H]2CCCN2CCCC#N)cn1. The molecule has 2 heterocycles. The van der Waals surface area contributed by atoms with Crippen LogP contribution in [0.3, 0.4) is 0 Å². The Balaban J connectivity index is 1.99. The Morgan fingerprint density at radius 2 is 2.41 bits per heavy atom. The van der Waals surface area contributed by atoms with E-state index in [1.165, 1.54) is 18.4 Å². The fraction of sp³-hybridized carbons (Fsp3) is 0.571. The van der Waals surface area contributed by atoms with Gasteiger partial charge in [-0.25, -0.2) is 0 Å². The molecule has 0 radical (unpaired) electrons. The molecule has 1 atom stereocenters. The monoisotopic (exact) mass is 229 g/mol. The van der Waals surface area contributed by atoms with Crippen molar-refractivity contribution in [2.45, 2.75) is 38.6 Å². The number of hydrogen-bond acceptors (Lipinski definition) is 3. The van der Waals surface area contributed by atoms with E-state index in [1.807, 2.05) is 13.1 Å². The number of rotatable bonds is 4. The highest BCUT2D eigenvalue weighted by Gasteiger charge is 2.25. The van der Waals surface area contributed by atoms with Crippen LogP contribution >= 0.6 is 0 Å². The van der Waals surface area contributed by atoms with Gasteiger partial charge in [-0.15, -0.1) is 0 Å². The van der Waals surface area contributed by atoms with Gasteiger partial charge in [-0.3, -0.25) is 9.88 Å². The summed E-state index contributed by atoms with van der Waals surface area (Å²) in [5, 5.41) is 8.58. The number of unbranched alkanes of at least 4 members (excludes halogenated alkanes) is 1. The molecular formula is C14H19N3. The maximum atomic E-state index is 8.58. The van der Waals surface area contributed by atoms with E-state index in [0.29, 0.717) is 12.5 Å². The standard InChI is InChI=1S/C14H19N3/c1-12-6-7-13(11-16-12)14-5-4-10-17(14)9-3-2-8-15/h6-7,11,14H,2-5,9-10H2,1H3/t14-/m0/s1. The van der Waals surface area contributed by atoms with Crippen LogP contribution in [0.15, 0.2) is 18.3 Å². The molecule has 1 saturated heterocycles. The topological polar surface area (TPSA) is 39.9 Å². The number of aromatic nitrogens is 1. The summed E-state index contributed by atoms with van der Waals surface area (Å²) in [6.07, 6.45) is 6.12. The first-order valence-corrected chi connectivity index (χ1v) is 6.35. The molecule has 0 aliphatic carbocycles. The smallest absolute Gasteiger partial charge is 0.0622 e. The van der Waals surface area contributed by atoms with Crippen LogP contribution in [0.4, 0.5) is 0 Å². The Morgan fingerprint density at radius 1 is 1.53 bits per heavy atom. The van der Waals surface area contributed by atoms with Gasteiger partial charge >= 0.3 is 0 Å². The van der Waals surface area contributed by atoms with Crippen LogP contribution in [0, 0.1) is 18.3 Å². The van der Waals surface area contributed by atoms with Gasteiger partial charge in [0.05, 0.1) is 6.07 Å². The van der Waals surface area contributed by atoms with E-state index in [-0.39, 0.29) is 0 Å². The van der Waals surface area contributed by atoms with Crippen molar-refractivity contribution in [1.82, 2.24) is 9.88 Å². The zero-order valence-corrected chi connectivity index (χ0v) is 10.4. The molecule has 17 heavy (non-hydrogen) atoms. The lowest BCUT2D eigenvalue weighted by Crippen LogP contribution is -2.24. The van der Waals surface area contributed by atoms with Crippen LogP contribution in [0.25, 0.3) is 0 Å². The van der Waals surface area contributed by atoms with Gasteiger partial charge in [0, 0.05) is 24.4 Å². The first-order valence-electron chi connectivity index (χ1n) is 6.35. The van der Waals surface area contributed by atoms with Crippen LogP contribution in [-0.2, 0) is 0 Å². The maximum absolute atomic E-state index is 8.58. The number of hydrogen-bond donors (Lipinski definition) is 0. The second-order valence-corrected chi connectivity index (χ2v) is 4.69. The summed E-state index contributed by atoms with van der Waals surface area (Å²) in [5.41, 5.74) is 2.40. The summed E-state index contributed by atoms with van der Waals surface area (Å²) in [5.74, 6) is 0. The minimum atomic E-state index is 0.516. The maximum Gasteiger partial charge on any atom is 0.0622 e. The van der Waals surface area contributed by atoms with Gasteiger partial charge in [-0.1, -0.05) is 6.07 Å². The van der Waals surface area contributed by atoms with Crippen LogP contribution in [0.5, 0.6) is 0 Å². The molecule has 0 spiro atoms. The normalized spacial score (nSPS) is 20.4. The zero-order chi connectivity index (χ0) is 12.1. The van der Waals surface area contributed by atoms with Gasteiger partial charge in [0.1, 0.15) is 0 Å². The average molecular weight is 229 g/mol. The average Bonchev–Trinajstić information content (AvgIpc) is 2.79. The Bertz CT molecular complexity index is 391. The third-order valence-electron chi connectivity index (χ3n) is 3.42. The second kappa shape index (κ2) is 5.79. The van der Waals surface area contributed by atoms with Crippen molar-refractivity contribution in [3.63, 3.8) is 0 Å². The molecule has 2 rings (SSSR count). The summed E-state index contributed by atoms with van der Waals surface area (Å²) in [6.45, 7) is 4.21. The Hall–Kier alpha value is -1.40. The Kier molecular flexibility index (Phi) is 4.11. The van der Waals surface area contributed by atoms with Crippen molar-refractivity contribution in [2.24, 2.45) is 0 Å². The molecule has 0 bridgehead atoms. The molecule has 0 aromatic carbocycles. The third kappa shape index (κ3) is 3.04. The lowest BCUT2D eigenvalue weighted by molar-refractivity contribution is 0.255. The Morgan fingerprint density at radius 3 is 3.12 bits per heavy atom. The highest BCUT2D eigenvalue weighted by atomic mass is 15.2. The van der Waals surface area contributed by atoms with Crippen LogP contribution < -0.4 is 0 Å². The largest absolute Gasteiger partial charge is 0.296 e. The van der Waals surface area contributed by atoms with Crippen molar-refractivity contribution in [1.29, 1.82) is 5.26 Å². The molecule has 1 aromatic rings.